The van der Waals surface area contributed by atoms with Crippen molar-refractivity contribution in [3.63, 3.8) is 0 Å². The van der Waals surface area contributed by atoms with E-state index in [4.69, 9.17) is 9.47 Å². The molecule has 1 aliphatic rings. The van der Waals surface area contributed by atoms with Crippen LogP contribution >= 0.6 is 0 Å². The minimum absolute atomic E-state index is 0.162. The SMILES string of the molecule is CCOc1ncccc1C(=O)N1CCCOc2cccc(c2)-c2nccn2CCNC(=O)[C@@H](CC(C)C)NC(=O)C1. The topological polar surface area (TPSA) is 128 Å². The van der Waals surface area contributed by atoms with Gasteiger partial charge in [-0.1, -0.05) is 26.0 Å². The van der Waals surface area contributed by atoms with Crippen LogP contribution in [0.3, 0.4) is 0 Å². The van der Waals surface area contributed by atoms with Crippen molar-refractivity contribution in [2.75, 3.05) is 32.8 Å². The highest BCUT2D eigenvalue weighted by Gasteiger charge is 2.26. The lowest BCUT2D eigenvalue weighted by molar-refractivity contribution is -0.129. The van der Waals surface area contributed by atoms with Gasteiger partial charge in [0.2, 0.25) is 17.7 Å². The van der Waals surface area contributed by atoms with E-state index < -0.39 is 11.9 Å². The average Bonchev–Trinajstić information content (AvgIpc) is 3.42. The first-order valence-corrected chi connectivity index (χ1v) is 14.0. The van der Waals surface area contributed by atoms with Gasteiger partial charge in [-0.25, -0.2) is 9.97 Å². The molecule has 0 radical (unpaired) electrons. The minimum atomic E-state index is -0.738. The molecule has 1 aliphatic heterocycles. The number of ether oxygens (including phenoxy) is 2. The van der Waals surface area contributed by atoms with E-state index in [1.54, 1.807) is 24.5 Å². The van der Waals surface area contributed by atoms with Gasteiger partial charge < -0.3 is 29.6 Å². The summed E-state index contributed by atoms with van der Waals surface area (Å²) in [7, 11) is 0. The minimum Gasteiger partial charge on any atom is -0.494 e. The highest BCUT2D eigenvalue weighted by atomic mass is 16.5. The molecule has 0 aliphatic carbocycles. The summed E-state index contributed by atoms with van der Waals surface area (Å²) in [6.45, 7) is 7.34. The molecule has 11 nitrogen and oxygen atoms in total. The number of carbonyl (C=O) groups excluding carboxylic acids is 3. The maximum atomic E-state index is 13.6. The fraction of sp³-hybridized carbons (Fsp3) is 0.433. The summed E-state index contributed by atoms with van der Waals surface area (Å²) in [4.78, 5) is 50.2. The Kier molecular flexibility index (Phi) is 10.3. The third-order valence-electron chi connectivity index (χ3n) is 6.56. The van der Waals surface area contributed by atoms with Gasteiger partial charge in [-0.3, -0.25) is 14.4 Å². The van der Waals surface area contributed by atoms with E-state index in [0.717, 1.165) is 11.4 Å². The number of carbonyl (C=O) groups is 3. The number of nitrogens with zero attached hydrogens (tertiary/aromatic N) is 4. The van der Waals surface area contributed by atoms with Gasteiger partial charge in [0.05, 0.1) is 19.8 Å². The van der Waals surface area contributed by atoms with Crippen molar-refractivity contribution in [2.45, 2.75) is 46.2 Å². The van der Waals surface area contributed by atoms with E-state index in [1.807, 2.05) is 55.8 Å². The Morgan fingerprint density at radius 3 is 2.80 bits per heavy atom. The molecule has 4 rings (SSSR count). The molecule has 1 atom stereocenters. The van der Waals surface area contributed by atoms with Crippen LogP contribution < -0.4 is 20.1 Å². The van der Waals surface area contributed by atoms with Gasteiger partial charge in [-0.2, -0.15) is 0 Å². The molecule has 2 aromatic heterocycles. The molecule has 11 heteroatoms. The maximum Gasteiger partial charge on any atom is 0.259 e. The Morgan fingerprint density at radius 1 is 1.15 bits per heavy atom. The van der Waals surface area contributed by atoms with Crippen molar-refractivity contribution >= 4 is 17.7 Å². The second kappa shape index (κ2) is 14.3. The summed E-state index contributed by atoms with van der Waals surface area (Å²) in [6.07, 6.45) is 6.07. The van der Waals surface area contributed by atoms with Crippen molar-refractivity contribution in [2.24, 2.45) is 5.92 Å². The predicted octanol–water partition coefficient (Wildman–Crippen LogP) is 2.92. The first kappa shape index (κ1) is 29.6. The van der Waals surface area contributed by atoms with Crippen LogP contribution in [-0.2, 0) is 16.1 Å². The highest BCUT2D eigenvalue weighted by molar-refractivity contribution is 5.98. The molecule has 3 heterocycles. The smallest absolute Gasteiger partial charge is 0.259 e. The Labute approximate surface area is 240 Å². The van der Waals surface area contributed by atoms with E-state index in [2.05, 4.69) is 20.6 Å². The molecular formula is C30H38N6O5. The quantitative estimate of drug-likeness (QED) is 0.490. The van der Waals surface area contributed by atoms with E-state index >= 15 is 0 Å². The second-order valence-electron chi connectivity index (χ2n) is 10.2. The van der Waals surface area contributed by atoms with Crippen LogP contribution in [0.5, 0.6) is 11.6 Å². The fourth-order valence-electron chi connectivity index (χ4n) is 4.69. The van der Waals surface area contributed by atoms with Gasteiger partial charge >= 0.3 is 0 Å². The molecule has 0 unspecified atom stereocenters. The van der Waals surface area contributed by atoms with Crippen LogP contribution in [0.4, 0.5) is 0 Å². The number of imidazole rings is 1. The standard InChI is InChI=1S/C30H38N6O5/c1-4-40-29-24(10-6-11-33-29)30(39)36-14-7-17-41-23-9-5-8-22(19-23)27-31-12-15-35(27)16-13-32-28(38)25(18-21(2)3)34-26(37)20-36/h5-6,8-12,15,19,21,25H,4,7,13-14,16-18,20H2,1-3H3,(H,32,38)(H,34,37)/t25-/m1/s1. The van der Waals surface area contributed by atoms with Crippen LogP contribution in [0.2, 0.25) is 0 Å². The van der Waals surface area contributed by atoms with Gasteiger partial charge in [-0.15, -0.1) is 0 Å². The fourth-order valence-corrected chi connectivity index (χ4v) is 4.69. The molecule has 0 fully saturated rings. The van der Waals surface area contributed by atoms with Gasteiger partial charge in [0.1, 0.15) is 23.2 Å². The largest absolute Gasteiger partial charge is 0.494 e. The average molecular weight is 563 g/mol. The molecule has 0 saturated carbocycles. The van der Waals surface area contributed by atoms with Crippen molar-refractivity contribution in [1.29, 1.82) is 0 Å². The highest BCUT2D eigenvalue weighted by Crippen LogP contribution is 2.23. The summed E-state index contributed by atoms with van der Waals surface area (Å²) in [5.74, 6) is 0.728. The predicted molar refractivity (Wildman–Crippen MR) is 153 cm³/mol. The van der Waals surface area contributed by atoms with Crippen molar-refractivity contribution in [3.8, 4) is 23.0 Å². The monoisotopic (exact) mass is 562 g/mol. The number of nitrogens with one attached hydrogen (secondary N) is 2. The molecule has 3 amide bonds. The molecule has 0 saturated heterocycles. The third-order valence-corrected chi connectivity index (χ3v) is 6.56. The van der Waals surface area contributed by atoms with Crippen LogP contribution in [0.25, 0.3) is 11.4 Å². The van der Waals surface area contributed by atoms with Gasteiger partial charge in [0.15, 0.2) is 0 Å². The Balaban J connectivity index is 1.61. The van der Waals surface area contributed by atoms with Crippen LogP contribution in [0.15, 0.2) is 55.0 Å². The number of hydrogen-bond acceptors (Lipinski definition) is 7. The molecule has 2 bridgehead atoms. The molecule has 0 spiro atoms. The van der Waals surface area contributed by atoms with Gasteiger partial charge in [-0.05, 0) is 49.9 Å². The third kappa shape index (κ3) is 8.06. The Bertz CT molecular complexity index is 1340. The van der Waals surface area contributed by atoms with Crippen LogP contribution in [-0.4, -0.2) is 76.0 Å². The first-order valence-electron chi connectivity index (χ1n) is 14.0. The second-order valence-corrected chi connectivity index (χ2v) is 10.2. The number of hydrogen-bond donors (Lipinski definition) is 2. The van der Waals surface area contributed by atoms with Crippen molar-refractivity contribution in [1.82, 2.24) is 30.1 Å². The molecule has 218 valence electrons. The summed E-state index contributed by atoms with van der Waals surface area (Å²) in [6, 6.07) is 10.2. The Morgan fingerprint density at radius 2 is 2.00 bits per heavy atom. The number of amides is 3. The number of rotatable bonds is 5. The number of aromatic nitrogens is 3. The van der Waals surface area contributed by atoms with E-state index in [1.165, 1.54) is 4.90 Å². The summed E-state index contributed by atoms with van der Waals surface area (Å²) >= 11 is 0. The zero-order chi connectivity index (χ0) is 29.2. The number of fused-ring (bicyclic) bond motifs is 4. The van der Waals surface area contributed by atoms with E-state index in [0.29, 0.717) is 44.9 Å². The van der Waals surface area contributed by atoms with Crippen LogP contribution in [0.1, 0.15) is 44.0 Å². The van der Waals surface area contributed by atoms with E-state index in [9.17, 15) is 14.4 Å². The van der Waals surface area contributed by atoms with Gasteiger partial charge in [0, 0.05) is 43.8 Å². The summed E-state index contributed by atoms with van der Waals surface area (Å²) < 4.78 is 13.5. The van der Waals surface area contributed by atoms with Crippen LogP contribution in [0, 0.1) is 5.92 Å². The maximum absolute atomic E-state index is 13.6. The normalized spacial score (nSPS) is 17.0. The molecular weight excluding hydrogens is 524 g/mol. The zero-order valence-electron chi connectivity index (χ0n) is 23.8. The first-order chi connectivity index (χ1) is 19.9. The Hall–Kier alpha value is -4.41. The number of benzene rings is 1. The number of pyridine rings is 1. The van der Waals surface area contributed by atoms with Crippen molar-refractivity contribution in [3.05, 3.63) is 60.6 Å². The molecule has 2 N–H and O–H groups in total. The van der Waals surface area contributed by atoms with Crippen molar-refractivity contribution < 1.29 is 23.9 Å². The van der Waals surface area contributed by atoms with E-state index in [-0.39, 0.29) is 42.3 Å². The molecule has 41 heavy (non-hydrogen) atoms. The zero-order valence-corrected chi connectivity index (χ0v) is 23.8. The molecule has 3 aromatic rings. The lowest BCUT2D eigenvalue weighted by Crippen LogP contribution is -2.51. The lowest BCUT2D eigenvalue weighted by Gasteiger charge is -2.25. The van der Waals surface area contributed by atoms with Gasteiger partial charge in [0.25, 0.3) is 5.91 Å². The summed E-state index contributed by atoms with van der Waals surface area (Å²) in [5, 5.41) is 5.80. The molecule has 1 aromatic carbocycles. The summed E-state index contributed by atoms with van der Waals surface area (Å²) in [5.41, 5.74) is 1.16. The lowest BCUT2D eigenvalue weighted by atomic mass is 10.0.